The average molecular weight is 461 g/mol. The van der Waals surface area contributed by atoms with E-state index in [0.29, 0.717) is 22.6 Å². The zero-order chi connectivity index (χ0) is 24.4. The van der Waals surface area contributed by atoms with Crippen LogP contribution >= 0.6 is 0 Å². The summed E-state index contributed by atoms with van der Waals surface area (Å²) in [5, 5.41) is 25.9. The van der Waals surface area contributed by atoms with Crippen molar-refractivity contribution in [1.82, 2.24) is 9.55 Å². The first kappa shape index (κ1) is 22.4. The molecule has 0 fully saturated rings. The first-order valence-electron chi connectivity index (χ1n) is 10.2. The Balaban J connectivity index is 2.04. The number of aryl methyl sites for hydroxylation is 1. The zero-order valence-electron chi connectivity index (χ0n) is 18.2. The van der Waals surface area contributed by atoms with Crippen molar-refractivity contribution in [2.45, 2.75) is 13.8 Å². The van der Waals surface area contributed by atoms with Gasteiger partial charge in [-0.15, -0.1) is 0 Å². The predicted molar refractivity (Wildman–Crippen MR) is 126 cm³/mol. The lowest BCUT2D eigenvalue weighted by molar-refractivity contribution is -0.385. The lowest BCUT2D eigenvalue weighted by Gasteiger charge is -2.19. The number of nitrogens with one attached hydrogen (secondary N) is 1. The van der Waals surface area contributed by atoms with Gasteiger partial charge in [-0.1, -0.05) is 12.1 Å². The number of fused-ring (bicyclic) bond motifs is 1. The number of benzene rings is 2. The third-order valence-corrected chi connectivity index (χ3v) is 5.00. The van der Waals surface area contributed by atoms with Gasteiger partial charge in [0, 0.05) is 41.7 Å². The molecule has 1 N–H and O–H groups in total. The molecule has 0 saturated carbocycles. The van der Waals surface area contributed by atoms with Gasteiger partial charge in [0.15, 0.2) is 5.43 Å². The number of rotatable bonds is 7. The standard InChI is InChI=1S/C23H19N5O6/c1-3-34-23-22-19(10-14(2)24-23)26(16-7-5-9-18(12-16)28(32)33)21(13-20(22)29)25-15-6-4-8-17(11-15)27(30)31/h4-13,25H,3H2,1-2H3. The van der Waals surface area contributed by atoms with Gasteiger partial charge in [0.25, 0.3) is 11.4 Å². The monoisotopic (exact) mass is 461 g/mol. The topological polar surface area (TPSA) is 142 Å². The fraction of sp³-hybridized carbons (Fsp3) is 0.130. The highest BCUT2D eigenvalue weighted by atomic mass is 16.6. The van der Waals surface area contributed by atoms with Crippen LogP contribution in [-0.2, 0) is 0 Å². The molecule has 11 nitrogen and oxygen atoms in total. The zero-order valence-corrected chi connectivity index (χ0v) is 18.2. The molecule has 0 saturated heterocycles. The van der Waals surface area contributed by atoms with Crippen molar-refractivity contribution >= 4 is 33.8 Å². The van der Waals surface area contributed by atoms with Crippen LogP contribution in [-0.4, -0.2) is 26.0 Å². The third-order valence-electron chi connectivity index (χ3n) is 5.00. The summed E-state index contributed by atoms with van der Waals surface area (Å²) in [6.45, 7) is 3.80. The summed E-state index contributed by atoms with van der Waals surface area (Å²) in [7, 11) is 0. The van der Waals surface area contributed by atoms with Gasteiger partial charge in [-0.25, -0.2) is 4.98 Å². The van der Waals surface area contributed by atoms with E-state index in [2.05, 4.69) is 10.3 Å². The van der Waals surface area contributed by atoms with Crippen LogP contribution in [0.4, 0.5) is 22.9 Å². The molecule has 11 heteroatoms. The van der Waals surface area contributed by atoms with Crippen LogP contribution in [0.5, 0.6) is 5.88 Å². The molecule has 0 aliphatic rings. The molecule has 0 aliphatic carbocycles. The molecule has 0 spiro atoms. The fourth-order valence-corrected chi connectivity index (χ4v) is 3.63. The summed E-state index contributed by atoms with van der Waals surface area (Å²) in [4.78, 5) is 39.0. The van der Waals surface area contributed by atoms with Gasteiger partial charge >= 0.3 is 0 Å². The van der Waals surface area contributed by atoms with Crippen molar-refractivity contribution < 1.29 is 14.6 Å². The summed E-state index contributed by atoms with van der Waals surface area (Å²) in [6.07, 6.45) is 0. The molecule has 4 rings (SSSR count). The van der Waals surface area contributed by atoms with Crippen LogP contribution < -0.4 is 15.5 Å². The minimum atomic E-state index is -0.525. The van der Waals surface area contributed by atoms with Crippen molar-refractivity contribution in [3.05, 3.63) is 96.8 Å². The number of aromatic nitrogens is 2. The quantitative estimate of drug-likeness (QED) is 0.309. The molecule has 0 atom stereocenters. The van der Waals surface area contributed by atoms with E-state index in [1.807, 2.05) is 0 Å². The van der Waals surface area contributed by atoms with Crippen LogP contribution in [0.2, 0.25) is 0 Å². The number of ether oxygens (including phenoxy) is 1. The molecule has 0 unspecified atom stereocenters. The van der Waals surface area contributed by atoms with E-state index in [1.54, 1.807) is 36.6 Å². The summed E-state index contributed by atoms with van der Waals surface area (Å²) in [5.74, 6) is 0.412. The SMILES string of the molecule is CCOc1nc(C)cc2c1c(=O)cc(Nc1cccc([N+](=O)[O-])c1)n2-c1cccc([N+](=O)[O-])c1. The van der Waals surface area contributed by atoms with Gasteiger partial charge in [0.05, 0.1) is 27.7 Å². The van der Waals surface area contributed by atoms with Crippen LogP contribution in [0.15, 0.2) is 65.5 Å². The molecule has 2 heterocycles. The lowest BCUT2D eigenvalue weighted by Crippen LogP contribution is -2.15. The van der Waals surface area contributed by atoms with E-state index >= 15 is 0 Å². The number of hydrogen-bond acceptors (Lipinski definition) is 8. The van der Waals surface area contributed by atoms with Crippen LogP contribution in [0, 0.1) is 27.2 Å². The maximum absolute atomic E-state index is 13.1. The lowest BCUT2D eigenvalue weighted by atomic mass is 10.1. The Hall–Kier alpha value is -4.80. The minimum absolute atomic E-state index is 0.131. The van der Waals surface area contributed by atoms with Crippen LogP contribution in [0.3, 0.4) is 0 Å². The van der Waals surface area contributed by atoms with Crippen molar-refractivity contribution in [1.29, 1.82) is 0 Å². The molecule has 34 heavy (non-hydrogen) atoms. The van der Waals surface area contributed by atoms with Gasteiger partial charge in [-0.05, 0) is 32.0 Å². The number of non-ortho nitro benzene ring substituents is 2. The van der Waals surface area contributed by atoms with E-state index < -0.39 is 9.85 Å². The van der Waals surface area contributed by atoms with Crippen LogP contribution in [0.25, 0.3) is 16.6 Å². The summed E-state index contributed by atoms with van der Waals surface area (Å²) in [5.41, 5.74) is 1.10. The Morgan fingerprint density at radius 1 is 1.00 bits per heavy atom. The second kappa shape index (κ2) is 8.98. The smallest absolute Gasteiger partial charge is 0.271 e. The Bertz CT molecular complexity index is 1500. The molecule has 0 aliphatic heterocycles. The number of nitro benzene ring substituents is 2. The Kier molecular flexibility index (Phi) is 5.92. The van der Waals surface area contributed by atoms with Gasteiger partial charge < -0.3 is 10.1 Å². The third kappa shape index (κ3) is 4.26. The number of anilines is 2. The summed E-state index contributed by atoms with van der Waals surface area (Å²) < 4.78 is 7.23. The van der Waals surface area contributed by atoms with E-state index in [9.17, 15) is 25.0 Å². The van der Waals surface area contributed by atoms with Crippen molar-refractivity contribution in [3.8, 4) is 11.6 Å². The maximum atomic E-state index is 13.1. The molecule has 2 aromatic heterocycles. The molecular formula is C23H19N5O6. The van der Waals surface area contributed by atoms with E-state index in [1.165, 1.54) is 42.5 Å². The molecule has 0 amide bonds. The summed E-state index contributed by atoms with van der Waals surface area (Å²) >= 11 is 0. The maximum Gasteiger partial charge on any atom is 0.271 e. The first-order chi connectivity index (χ1) is 16.3. The number of hydrogen-bond donors (Lipinski definition) is 1. The highest BCUT2D eigenvalue weighted by Gasteiger charge is 2.19. The minimum Gasteiger partial charge on any atom is -0.477 e. The number of nitrogens with zero attached hydrogens (tertiary/aromatic N) is 4. The molecule has 0 radical (unpaired) electrons. The van der Waals surface area contributed by atoms with E-state index in [-0.39, 0.29) is 40.5 Å². The normalized spacial score (nSPS) is 10.8. The predicted octanol–water partition coefficient (Wildman–Crippen LogP) is 4.65. The number of nitro groups is 2. The van der Waals surface area contributed by atoms with Gasteiger partial charge in [0.2, 0.25) is 5.88 Å². The van der Waals surface area contributed by atoms with Crippen molar-refractivity contribution in [2.24, 2.45) is 0 Å². The van der Waals surface area contributed by atoms with Crippen LogP contribution in [0.1, 0.15) is 12.6 Å². The molecular weight excluding hydrogens is 442 g/mol. The molecule has 2 aromatic carbocycles. The average Bonchev–Trinajstić information content (AvgIpc) is 2.79. The Morgan fingerprint density at radius 2 is 1.68 bits per heavy atom. The van der Waals surface area contributed by atoms with Crippen molar-refractivity contribution in [3.63, 3.8) is 0 Å². The van der Waals surface area contributed by atoms with E-state index in [0.717, 1.165) is 0 Å². The van der Waals surface area contributed by atoms with Crippen molar-refractivity contribution in [2.75, 3.05) is 11.9 Å². The molecule has 172 valence electrons. The number of pyridine rings is 2. The van der Waals surface area contributed by atoms with Gasteiger partial charge in [-0.2, -0.15) is 0 Å². The Morgan fingerprint density at radius 3 is 2.35 bits per heavy atom. The second-order valence-electron chi connectivity index (χ2n) is 7.33. The summed E-state index contributed by atoms with van der Waals surface area (Å²) in [6, 6.07) is 14.7. The molecule has 0 bridgehead atoms. The van der Waals surface area contributed by atoms with Gasteiger partial charge in [-0.3, -0.25) is 29.6 Å². The highest BCUT2D eigenvalue weighted by Crippen LogP contribution is 2.31. The highest BCUT2D eigenvalue weighted by molar-refractivity contribution is 5.88. The first-order valence-corrected chi connectivity index (χ1v) is 10.2. The second-order valence-corrected chi connectivity index (χ2v) is 7.33. The Labute approximate surface area is 192 Å². The largest absolute Gasteiger partial charge is 0.477 e. The van der Waals surface area contributed by atoms with Gasteiger partial charge in [0.1, 0.15) is 11.2 Å². The fourth-order valence-electron chi connectivity index (χ4n) is 3.63. The molecule has 4 aromatic rings. The van der Waals surface area contributed by atoms with E-state index in [4.69, 9.17) is 4.74 Å².